The van der Waals surface area contributed by atoms with E-state index in [1.807, 2.05) is 46.6 Å². The van der Waals surface area contributed by atoms with E-state index in [1.165, 1.54) is 11.7 Å². The highest BCUT2D eigenvalue weighted by atomic mass is 16.7. The second-order valence-corrected chi connectivity index (χ2v) is 14.0. The molecule has 3 heterocycles. The maximum absolute atomic E-state index is 14.7. The van der Waals surface area contributed by atoms with Crippen LogP contribution >= 0.6 is 0 Å². The summed E-state index contributed by atoms with van der Waals surface area (Å²) in [5.41, 5.74) is -1.79. The summed E-state index contributed by atoms with van der Waals surface area (Å²) in [6.07, 6.45) is 10.6. The highest BCUT2D eigenvalue weighted by Crippen LogP contribution is 2.74. The van der Waals surface area contributed by atoms with Crippen LogP contribution in [0.3, 0.4) is 0 Å². The van der Waals surface area contributed by atoms with E-state index in [9.17, 15) is 14.4 Å². The lowest BCUT2D eigenvalue weighted by Crippen LogP contribution is -2.76. The maximum Gasteiger partial charge on any atom is 0.352 e. The van der Waals surface area contributed by atoms with Crippen molar-refractivity contribution in [1.82, 2.24) is 13.9 Å². The Balaban J connectivity index is 1.48. The van der Waals surface area contributed by atoms with Crippen LogP contribution in [0.2, 0.25) is 0 Å². The van der Waals surface area contributed by atoms with Crippen molar-refractivity contribution in [2.24, 2.45) is 34.5 Å². The lowest BCUT2D eigenvalue weighted by Gasteiger charge is -2.71. The summed E-state index contributed by atoms with van der Waals surface area (Å²) in [5.74, 6) is 0.0152. The van der Waals surface area contributed by atoms with E-state index in [0.717, 1.165) is 38.5 Å². The topological polar surface area (TPSA) is 93.7 Å². The molecule has 2 aromatic rings. The van der Waals surface area contributed by atoms with Crippen LogP contribution < -0.4 is 11.4 Å². The monoisotopic (exact) mass is 577 g/mol. The Bertz CT molecular complexity index is 1560. The number of para-hydroxylation sites is 1. The third-order valence-electron chi connectivity index (χ3n) is 12.7. The molecular formula is C33H43N3O6. The Labute approximate surface area is 246 Å². The number of carbonyl (C=O) groups excluding carboxylic acids is 1. The van der Waals surface area contributed by atoms with Crippen LogP contribution in [0.4, 0.5) is 0 Å². The Hall–Kier alpha value is -2.91. The number of nitrogens with zero attached hydrogens (tertiary/aromatic N) is 3. The molecule has 8 rings (SSSR count). The summed E-state index contributed by atoms with van der Waals surface area (Å²) in [4.78, 5) is 42.1. The van der Waals surface area contributed by atoms with E-state index >= 15 is 0 Å². The van der Waals surface area contributed by atoms with Crippen molar-refractivity contribution in [3.8, 4) is 5.69 Å². The van der Waals surface area contributed by atoms with Crippen LogP contribution in [-0.2, 0) is 30.1 Å². The van der Waals surface area contributed by atoms with Crippen LogP contribution in [0.25, 0.3) is 5.69 Å². The molecular weight excluding hydrogens is 534 g/mol. The van der Waals surface area contributed by atoms with Gasteiger partial charge in [-0.05, 0) is 73.8 Å². The zero-order chi connectivity index (χ0) is 29.7. The van der Waals surface area contributed by atoms with Gasteiger partial charge < -0.3 is 14.2 Å². The van der Waals surface area contributed by atoms with Crippen molar-refractivity contribution in [3.05, 3.63) is 63.5 Å². The predicted molar refractivity (Wildman–Crippen MR) is 156 cm³/mol. The molecule has 0 saturated heterocycles. The second kappa shape index (κ2) is 9.29. The molecule has 4 aliphatic carbocycles. The Morgan fingerprint density at radius 1 is 0.952 bits per heavy atom. The first kappa shape index (κ1) is 27.9. The molecule has 0 N–H and O–H groups in total. The molecule has 2 spiro atoms. The first-order valence-corrected chi connectivity index (χ1v) is 15.5. The Morgan fingerprint density at radius 2 is 1.69 bits per heavy atom. The van der Waals surface area contributed by atoms with Gasteiger partial charge in [-0.25, -0.2) is 23.5 Å². The fourth-order valence-electron chi connectivity index (χ4n) is 10.9. The van der Waals surface area contributed by atoms with Crippen LogP contribution in [0.15, 0.2) is 52.1 Å². The molecule has 3 fully saturated rings. The summed E-state index contributed by atoms with van der Waals surface area (Å²) in [6, 6.07) is 9.28. The fourth-order valence-corrected chi connectivity index (χ4v) is 10.9. The number of hydrogen-bond acceptors (Lipinski definition) is 6. The van der Waals surface area contributed by atoms with E-state index < -0.39 is 11.1 Å². The van der Waals surface area contributed by atoms with E-state index in [-0.39, 0.29) is 64.7 Å². The molecule has 42 heavy (non-hydrogen) atoms. The second-order valence-electron chi connectivity index (χ2n) is 14.0. The minimum absolute atomic E-state index is 0.0885. The first-order valence-electron chi connectivity index (χ1n) is 15.5. The largest absolute Gasteiger partial charge is 0.469 e. The number of esters is 1. The molecule has 2 bridgehead atoms. The van der Waals surface area contributed by atoms with Gasteiger partial charge in [0.1, 0.15) is 6.79 Å². The number of fused-ring (bicyclic) bond motifs is 1. The number of methoxy groups -OCH3 is 2. The van der Waals surface area contributed by atoms with Crippen molar-refractivity contribution >= 4 is 5.97 Å². The van der Waals surface area contributed by atoms with Gasteiger partial charge >= 0.3 is 17.3 Å². The minimum atomic E-state index is -0.697. The summed E-state index contributed by atoms with van der Waals surface area (Å²) in [5, 5.41) is 0. The number of ether oxygens (including phenoxy) is 3. The van der Waals surface area contributed by atoms with Gasteiger partial charge in [0, 0.05) is 18.9 Å². The van der Waals surface area contributed by atoms with Gasteiger partial charge in [-0.3, -0.25) is 4.79 Å². The molecule has 6 aliphatic rings. The van der Waals surface area contributed by atoms with Crippen molar-refractivity contribution in [2.75, 3.05) is 21.0 Å². The van der Waals surface area contributed by atoms with E-state index in [2.05, 4.69) is 26.0 Å². The van der Waals surface area contributed by atoms with Crippen LogP contribution in [0.5, 0.6) is 0 Å². The molecule has 9 heteroatoms. The number of benzene rings is 1. The van der Waals surface area contributed by atoms with Crippen LogP contribution in [0, 0.1) is 34.5 Å². The zero-order valence-corrected chi connectivity index (χ0v) is 25.4. The van der Waals surface area contributed by atoms with Gasteiger partial charge in [0.2, 0.25) is 0 Å². The Morgan fingerprint density at radius 3 is 2.40 bits per heavy atom. The van der Waals surface area contributed by atoms with Crippen LogP contribution in [0.1, 0.15) is 65.7 Å². The number of carbonyl (C=O) groups is 1. The highest BCUT2D eigenvalue weighted by Gasteiger charge is 2.75. The molecule has 0 radical (unpaired) electrons. The fraction of sp³-hybridized carbons (Fsp3) is 0.667. The highest BCUT2D eigenvalue weighted by molar-refractivity contribution is 5.72. The molecule has 3 saturated carbocycles. The molecule has 9 atom stereocenters. The van der Waals surface area contributed by atoms with Crippen molar-refractivity contribution < 1.29 is 19.0 Å². The van der Waals surface area contributed by atoms with E-state index in [1.54, 1.807) is 7.11 Å². The zero-order valence-electron chi connectivity index (χ0n) is 25.4. The van der Waals surface area contributed by atoms with Gasteiger partial charge in [0.25, 0.3) is 0 Å². The molecule has 2 aliphatic heterocycles. The smallest absolute Gasteiger partial charge is 0.352 e. The van der Waals surface area contributed by atoms with Crippen molar-refractivity contribution in [3.63, 3.8) is 0 Å². The Kier molecular flexibility index (Phi) is 6.17. The predicted octanol–water partition coefficient (Wildman–Crippen LogP) is 4.21. The van der Waals surface area contributed by atoms with Gasteiger partial charge in [-0.15, -0.1) is 0 Å². The van der Waals surface area contributed by atoms with Gasteiger partial charge in [0.15, 0.2) is 0 Å². The lowest BCUT2D eigenvalue weighted by atomic mass is 9.40. The van der Waals surface area contributed by atoms with E-state index in [0.29, 0.717) is 12.1 Å². The van der Waals surface area contributed by atoms with Gasteiger partial charge in [-0.1, -0.05) is 51.1 Å². The summed E-state index contributed by atoms with van der Waals surface area (Å²) in [7, 11) is 3.09. The summed E-state index contributed by atoms with van der Waals surface area (Å²) < 4.78 is 21.7. The van der Waals surface area contributed by atoms with Crippen molar-refractivity contribution in [2.45, 2.75) is 82.9 Å². The molecule has 1 aromatic carbocycles. The molecule has 9 unspecified atom stereocenters. The molecule has 9 nitrogen and oxygen atoms in total. The minimum Gasteiger partial charge on any atom is -0.469 e. The number of hydrogen-bond donors (Lipinski definition) is 0. The number of rotatable bonds is 6. The van der Waals surface area contributed by atoms with Gasteiger partial charge in [0.05, 0.1) is 35.9 Å². The van der Waals surface area contributed by atoms with Crippen LogP contribution in [-0.4, -0.2) is 47.0 Å². The molecule has 0 amide bonds. The normalized spacial score (nSPS) is 40.1. The number of allylic oxidation sites excluding steroid dienone is 2. The molecule has 226 valence electrons. The SMILES string of the molecule is COCOC1CCC2(C)C3CCC4(C)C(C(C)C(=O)OC)CCC4C34C=CC2(C1)n1c(=O)n(-c2ccccc2)c(=O)n14. The average Bonchev–Trinajstić information content (AvgIpc) is 3.50. The lowest BCUT2D eigenvalue weighted by molar-refractivity contribution is -0.211. The standard InChI is InChI=1S/C33H43N3O6/c1-21(27(37)41-5)24-11-12-25-30(24,2)15-14-26-31(3)16-13-23(42-20-40-4)19-32(31)17-18-33(25,26)36-29(39)34(28(38)35(32)36)22-9-7-6-8-10-22/h6-10,17-18,21,23-26H,11-16,19-20H2,1-5H3. The maximum atomic E-state index is 14.7. The average molecular weight is 578 g/mol. The third kappa shape index (κ3) is 3.19. The molecule has 1 aromatic heterocycles. The summed E-state index contributed by atoms with van der Waals surface area (Å²) in [6.45, 7) is 6.87. The number of aromatic nitrogens is 3. The quantitative estimate of drug-likeness (QED) is 0.290. The van der Waals surface area contributed by atoms with Gasteiger partial charge in [-0.2, -0.15) is 0 Å². The third-order valence-corrected chi connectivity index (χ3v) is 12.7. The van der Waals surface area contributed by atoms with E-state index in [4.69, 9.17) is 14.2 Å². The summed E-state index contributed by atoms with van der Waals surface area (Å²) >= 11 is 0. The van der Waals surface area contributed by atoms with Crippen molar-refractivity contribution in [1.29, 1.82) is 0 Å². The first-order chi connectivity index (χ1) is 20.1.